The minimum atomic E-state index is -4.94. The molecule has 0 radical (unpaired) electrons. The molecule has 0 saturated heterocycles. The molecule has 14 aromatic rings. The fourth-order valence-corrected chi connectivity index (χ4v) is 19.8. The van der Waals surface area contributed by atoms with Crippen LogP contribution in [0.25, 0.3) is 11.0 Å². The Morgan fingerprint density at radius 1 is 0.175 bits per heavy atom. The summed E-state index contributed by atoms with van der Waals surface area (Å²) < 4.78 is 76.3. The molecule has 0 spiro atoms. The zero-order valence-electron chi connectivity index (χ0n) is 51.7. The third kappa shape index (κ3) is 28.4. The minimum absolute atomic E-state index is 0. The third-order valence-electron chi connectivity index (χ3n) is 13.3. The van der Waals surface area contributed by atoms with Crippen LogP contribution >= 0.6 is 31.7 Å². The van der Waals surface area contributed by atoms with Gasteiger partial charge >= 0.3 is 92.4 Å². The van der Waals surface area contributed by atoms with E-state index in [1.807, 2.05) is 24.3 Å². The second-order valence-corrected chi connectivity index (χ2v) is 31.4. The summed E-state index contributed by atoms with van der Waals surface area (Å²) >= 11 is 0.129. The predicted octanol–water partition coefficient (Wildman–Crippen LogP) is 4.95. The Labute approximate surface area is 604 Å². The Kier molecular flexibility index (Phi) is 35.4. The molecule has 0 atom stereocenters. The van der Waals surface area contributed by atoms with E-state index in [2.05, 4.69) is 372 Å². The first-order chi connectivity index (χ1) is 46.3. The summed E-state index contributed by atoms with van der Waals surface area (Å²) in [4.78, 5) is 0. The van der Waals surface area contributed by atoms with Gasteiger partial charge in [0.1, 0.15) is 0 Å². The van der Waals surface area contributed by atoms with E-state index in [-0.39, 0.29) is 49.1 Å². The molecule has 0 fully saturated rings. The number of halogens is 2. The molecule has 0 aliphatic heterocycles. The molecule has 14 rings (SSSR count). The predicted molar refractivity (Wildman–Crippen MR) is 377 cm³/mol. The van der Waals surface area contributed by atoms with Gasteiger partial charge in [-0.1, -0.05) is 364 Å². The zero-order chi connectivity index (χ0) is 66.8. The molecule has 0 amide bonds. The average Bonchev–Trinajstić information content (AvgIpc) is 1.26. The van der Waals surface area contributed by atoms with E-state index in [0.29, 0.717) is 0 Å². The number of hydrogen-bond donors (Lipinski definition) is 0. The Bertz CT molecular complexity index is 3410. The van der Waals surface area contributed by atoms with Gasteiger partial charge < -0.3 is 0 Å². The van der Waals surface area contributed by atoms with Gasteiger partial charge in [0.2, 0.25) is 0 Å². The van der Waals surface area contributed by atoms with Crippen molar-refractivity contribution in [3.05, 3.63) is 388 Å². The molecule has 0 N–H and O–H groups in total. The quantitative estimate of drug-likeness (QED) is 0.119. The first-order valence-electron chi connectivity index (χ1n) is 29.5. The summed E-state index contributed by atoms with van der Waals surface area (Å²) in [6.07, 6.45) is 0. The SMILES string of the molecule is [Cu+].[Cu+].[O-][Cl+3]([O-])([O-])[O-].[O-][Cl+3]([O-])([O-])[O-].c1ccc(P(c2ccccc2)c2ccccc2)cc1.c1ccc(P(c2ccccc2)c2ccccc2)cc1.c1ccc(P(c2ccccc2)c2ccccc2)cc1.c1ccc(P(c2ccccc2)c2ccccc2)cc1.c1ccc2n[se]nc2c1. The summed E-state index contributed by atoms with van der Waals surface area (Å²) in [7, 11) is -11.7. The van der Waals surface area contributed by atoms with Crippen molar-refractivity contribution in [2.45, 2.75) is 0 Å². The normalized spacial score (nSPS) is 10.5. The zero-order valence-corrected chi connectivity index (χ0v) is 60.4. The summed E-state index contributed by atoms with van der Waals surface area (Å²) in [5, 5.41) is 16.8. The molecule has 496 valence electrons. The van der Waals surface area contributed by atoms with Gasteiger partial charge in [-0.05, 0) is 95.3 Å². The van der Waals surface area contributed by atoms with Crippen LogP contribution < -0.4 is 101 Å². The van der Waals surface area contributed by atoms with E-state index in [1.54, 1.807) is 0 Å². The number of nitrogens with zero attached hydrogens (tertiary/aromatic N) is 2. The number of hydrogen-bond acceptors (Lipinski definition) is 10. The van der Waals surface area contributed by atoms with Gasteiger partial charge in [0.25, 0.3) is 0 Å². The second-order valence-electron chi connectivity index (χ2n) is 19.9. The van der Waals surface area contributed by atoms with Crippen molar-refractivity contribution in [1.82, 2.24) is 7.96 Å². The van der Waals surface area contributed by atoms with Gasteiger partial charge in [0.05, 0.1) is 0 Å². The average molecular weight is 1560 g/mol. The van der Waals surface area contributed by atoms with Gasteiger partial charge in [-0.15, -0.1) is 20.5 Å². The summed E-state index contributed by atoms with van der Waals surface area (Å²) in [5.74, 6) is 0. The molecule has 13 aromatic carbocycles. The summed E-state index contributed by atoms with van der Waals surface area (Å²) in [5.41, 5.74) is 2.11. The molecule has 10 nitrogen and oxygen atoms in total. The number of benzene rings is 13. The fourth-order valence-electron chi connectivity index (χ4n) is 9.44. The van der Waals surface area contributed by atoms with E-state index >= 15 is 0 Å². The van der Waals surface area contributed by atoms with Crippen molar-refractivity contribution in [3.8, 4) is 0 Å². The topological polar surface area (TPSA) is 210 Å². The van der Waals surface area contributed by atoms with Crippen molar-refractivity contribution in [2.75, 3.05) is 0 Å². The van der Waals surface area contributed by atoms with Gasteiger partial charge in [-0.25, -0.2) is 37.3 Å². The van der Waals surface area contributed by atoms with Crippen LogP contribution in [0.15, 0.2) is 388 Å². The summed E-state index contributed by atoms with van der Waals surface area (Å²) in [6, 6.07) is 137. The van der Waals surface area contributed by atoms with Crippen LogP contribution in [-0.2, 0) is 34.1 Å². The van der Waals surface area contributed by atoms with Crippen LogP contribution in [0.5, 0.6) is 0 Å². The summed E-state index contributed by atoms with van der Waals surface area (Å²) in [6.45, 7) is 0. The molecule has 0 aliphatic carbocycles. The molecular weight excluding hydrogens is 1490 g/mol. The van der Waals surface area contributed by atoms with Crippen LogP contribution in [0.2, 0.25) is 0 Å². The van der Waals surface area contributed by atoms with Crippen LogP contribution in [0, 0.1) is 20.5 Å². The number of rotatable bonds is 12. The van der Waals surface area contributed by atoms with Crippen molar-refractivity contribution >= 4 is 121 Å². The molecule has 0 unspecified atom stereocenters. The Balaban J connectivity index is 0.000000186. The third-order valence-corrected chi connectivity index (χ3v) is 24.3. The van der Waals surface area contributed by atoms with Gasteiger partial charge in [-0.3, -0.25) is 0 Å². The van der Waals surface area contributed by atoms with Gasteiger partial charge in [-0.2, -0.15) is 0 Å². The molecule has 0 saturated carbocycles. The molecule has 1 aromatic heterocycles. The Morgan fingerprint density at radius 2 is 0.268 bits per heavy atom. The van der Waals surface area contributed by atoms with Crippen LogP contribution in [0.1, 0.15) is 0 Å². The van der Waals surface area contributed by atoms with Crippen molar-refractivity contribution in [1.29, 1.82) is 0 Å². The molecule has 97 heavy (non-hydrogen) atoms. The monoisotopic (exact) mass is 1560 g/mol. The molecule has 0 bridgehead atoms. The van der Waals surface area contributed by atoms with Crippen LogP contribution in [-0.4, -0.2) is 22.9 Å². The second kappa shape index (κ2) is 43.4. The van der Waals surface area contributed by atoms with Crippen molar-refractivity contribution in [2.24, 2.45) is 0 Å². The Morgan fingerprint density at radius 3 is 0.371 bits per heavy atom. The van der Waals surface area contributed by atoms with Gasteiger partial charge in [0, 0.05) is 0 Å². The Hall–Kier alpha value is -7.00. The van der Waals surface area contributed by atoms with E-state index in [4.69, 9.17) is 37.3 Å². The fraction of sp³-hybridized carbons (Fsp3) is 0. The number of fused-ring (bicyclic) bond motifs is 1. The van der Waals surface area contributed by atoms with Crippen molar-refractivity contribution in [3.63, 3.8) is 0 Å². The maximum atomic E-state index is 8.49. The van der Waals surface area contributed by atoms with Gasteiger partial charge in [0.15, 0.2) is 0 Å². The van der Waals surface area contributed by atoms with Crippen molar-refractivity contribution < 1.29 is 91.9 Å². The van der Waals surface area contributed by atoms with E-state index in [0.717, 1.165) is 11.0 Å². The first kappa shape index (κ1) is 79.0. The first-order valence-corrected chi connectivity index (χ1v) is 38.9. The van der Waals surface area contributed by atoms with E-state index < -0.39 is 52.2 Å². The molecule has 1 heterocycles. The maximum absolute atomic E-state index is 8.49. The number of aromatic nitrogens is 2. The standard InChI is InChI=1S/4C18H15P.C6H4N2Se.2ClHO4.2Cu/c4*1-4-10-16(11-5-1)19(17-12-6-2-7-13-17)18-14-8-3-9-15-18;1-2-4-6-5(3-1)7-9-8-6;2*2-1(3,4)5;;/h4*1-15H;1-4H;2*(H,2,3,4,5);;/q;;;;;;;2*+1/p-2. The molecular formula is C78H64Cl2Cu2N2O8P4Se. The van der Waals surface area contributed by atoms with Crippen LogP contribution in [0.4, 0.5) is 0 Å². The van der Waals surface area contributed by atoms with E-state index in [9.17, 15) is 0 Å². The molecule has 19 heteroatoms. The molecule has 0 aliphatic rings. The van der Waals surface area contributed by atoms with Crippen LogP contribution in [0.3, 0.4) is 0 Å². The van der Waals surface area contributed by atoms with E-state index in [1.165, 1.54) is 63.7 Å².